The van der Waals surface area contributed by atoms with E-state index in [0.29, 0.717) is 23.7 Å². The Balaban J connectivity index is 1.50. The Bertz CT molecular complexity index is 554. The normalized spacial score (nSPS) is 19.3. The summed E-state index contributed by atoms with van der Waals surface area (Å²) >= 11 is 0. The number of rotatable bonds is 3. The molecule has 1 fully saturated rings. The molecule has 3 rings (SSSR count). The zero-order valence-corrected chi connectivity index (χ0v) is 11.4. The summed E-state index contributed by atoms with van der Waals surface area (Å²) in [4.78, 5) is 23.6. The number of hydrogen-bond acceptors (Lipinski definition) is 5. The molecule has 112 valence electrons. The van der Waals surface area contributed by atoms with Crippen molar-refractivity contribution in [3.8, 4) is 11.5 Å². The van der Waals surface area contributed by atoms with Crippen molar-refractivity contribution >= 4 is 11.8 Å². The number of ether oxygens (including phenoxy) is 3. The monoisotopic (exact) mass is 292 g/mol. The third-order valence-electron chi connectivity index (χ3n) is 3.39. The van der Waals surface area contributed by atoms with Gasteiger partial charge < -0.3 is 14.2 Å². The van der Waals surface area contributed by atoms with Crippen LogP contribution in [0.5, 0.6) is 11.5 Å². The van der Waals surface area contributed by atoms with Crippen LogP contribution in [0.1, 0.15) is 29.6 Å². The molecule has 2 heterocycles. The number of benzene rings is 1. The molecule has 2 aliphatic rings. The molecule has 1 saturated heterocycles. The van der Waals surface area contributed by atoms with Gasteiger partial charge in [-0.2, -0.15) is 0 Å². The summed E-state index contributed by atoms with van der Waals surface area (Å²) in [6.45, 7) is 0.847. The van der Waals surface area contributed by atoms with Gasteiger partial charge in [-0.1, -0.05) is 0 Å². The summed E-state index contributed by atoms with van der Waals surface area (Å²) in [6, 6.07) is 4.84. The molecule has 2 N–H and O–H groups in total. The highest BCUT2D eigenvalue weighted by atomic mass is 16.7. The smallest absolute Gasteiger partial charge is 0.269 e. The minimum atomic E-state index is -0.408. The van der Waals surface area contributed by atoms with Crippen LogP contribution in [0, 0.1) is 0 Å². The number of fused-ring (bicyclic) bond motifs is 1. The summed E-state index contributed by atoms with van der Waals surface area (Å²) in [7, 11) is 0. The van der Waals surface area contributed by atoms with E-state index in [0.717, 1.165) is 12.8 Å². The number of hydrazine groups is 1. The van der Waals surface area contributed by atoms with Crippen LogP contribution in [0.15, 0.2) is 18.2 Å². The van der Waals surface area contributed by atoms with E-state index in [9.17, 15) is 9.59 Å². The Kier molecular flexibility index (Phi) is 3.92. The van der Waals surface area contributed by atoms with Crippen LogP contribution in [0.3, 0.4) is 0 Å². The highest BCUT2D eigenvalue weighted by Gasteiger charge is 2.20. The van der Waals surface area contributed by atoms with Gasteiger partial charge in [-0.3, -0.25) is 20.4 Å². The van der Waals surface area contributed by atoms with Gasteiger partial charge in [-0.15, -0.1) is 0 Å². The first-order valence-electron chi connectivity index (χ1n) is 6.83. The Morgan fingerprint density at radius 1 is 1.19 bits per heavy atom. The lowest BCUT2D eigenvalue weighted by Gasteiger charge is -2.11. The first-order valence-corrected chi connectivity index (χ1v) is 6.83. The maximum absolute atomic E-state index is 11.9. The van der Waals surface area contributed by atoms with Gasteiger partial charge in [0.1, 0.15) is 0 Å². The van der Waals surface area contributed by atoms with Crippen molar-refractivity contribution in [2.24, 2.45) is 0 Å². The van der Waals surface area contributed by atoms with Crippen molar-refractivity contribution in [2.75, 3.05) is 13.4 Å². The van der Waals surface area contributed by atoms with E-state index in [4.69, 9.17) is 14.2 Å². The highest BCUT2D eigenvalue weighted by Crippen LogP contribution is 2.32. The largest absolute Gasteiger partial charge is 0.454 e. The van der Waals surface area contributed by atoms with E-state index in [-0.39, 0.29) is 25.2 Å². The molecule has 0 aliphatic carbocycles. The summed E-state index contributed by atoms with van der Waals surface area (Å²) in [6.07, 6.45) is 2.05. The van der Waals surface area contributed by atoms with Crippen molar-refractivity contribution in [1.29, 1.82) is 0 Å². The fourth-order valence-electron chi connectivity index (χ4n) is 2.30. The van der Waals surface area contributed by atoms with Crippen molar-refractivity contribution in [2.45, 2.75) is 25.4 Å². The van der Waals surface area contributed by atoms with E-state index < -0.39 is 5.91 Å². The standard InChI is InChI=1S/C14H16N2O5/c17-13(7-10-2-1-5-19-10)15-16-14(18)9-3-4-11-12(6-9)21-8-20-11/h3-4,6,10H,1-2,5,7-8H2,(H,15,17)(H,16,18)/t10-/m1/s1. The fourth-order valence-corrected chi connectivity index (χ4v) is 2.30. The lowest BCUT2D eigenvalue weighted by molar-refractivity contribution is -0.124. The number of nitrogens with one attached hydrogen (secondary N) is 2. The van der Waals surface area contributed by atoms with Crippen molar-refractivity contribution in [1.82, 2.24) is 10.9 Å². The molecule has 1 aromatic rings. The van der Waals surface area contributed by atoms with E-state index in [1.807, 2.05) is 0 Å². The molecule has 0 bridgehead atoms. The van der Waals surface area contributed by atoms with Crippen molar-refractivity contribution in [3.63, 3.8) is 0 Å². The van der Waals surface area contributed by atoms with Crippen LogP contribution >= 0.6 is 0 Å². The molecule has 0 radical (unpaired) electrons. The molecular formula is C14H16N2O5. The predicted molar refractivity (Wildman–Crippen MR) is 71.8 cm³/mol. The third-order valence-corrected chi connectivity index (χ3v) is 3.39. The first-order chi connectivity index (χ1) is 10.2. The molecule has 21 heavy (non-hydrogen) atoms. The van der Waals surface area contributed by atoms with Gasteiger partial charge in [-0.05, 0) is 31.0 Å². The minimum absolute atomic E-state index is 0.0487. The number of carbonyl (C=O) groups excluding carboxylic acids is 2. The molecule has 0 spiro atoms. The van der Waals surface area contributed by atoms with Gasteiger partial charge in [0.2, 0.25) is 12.7 Å². The molecule has 7 heteroatoms. The number of carbonyl (C=O) groups is 2. The van der Waals surface area contributed by atoms with E-state index in [1.165, 1.54) is 0 Å². The van der Waals surface area contributed by atoms with Crippen LogP contribution in [-0.2, 0) is 9.53 Å². The average Bonchev–Trinajstić information content (AvgIpc) is 3.14. The molecule has 1 aromatic carbocycles. The maximum atomic E-state index is 11.9. The third kappa shape index (κ3) is 3.25. The first kappa shape index (κ1) is 13.7. The molecule has 0 unspecified atom stereocenters. The summed E-state index contributed by atoms with van der Waals surface area (Å²) in [5.41, 5.74) is 5.14. The maximum Gasteiger partial charge on any atom is 0.269 e. The lowest BCUT2D eigenvalue weighted by Crippen LogP contribution is -2.42. The molecule has 0 saturated carbocycles. The van der Waals surface area contributed by atoms with Gasteiger partial charge in [0.15, 0.2) is 11.5 Å². The van der Waals surface area contributed by atoms with Gasteiger partial charge in [0, 0.05) is 12.2 Å². The average molecular weight is 292 g/mol. The van der Waals surface area contributed by atoms with E-state index >= 15 is 0 Å². The summed E-state index contributed by atoms with van der Waals surface area (Å²) in [5.74, 6) is 0.451. The fraction of sp³-hybridized carbons (Fsp3) is 0.429. The molecule has 2 amide bonds. The number of hydrogen-bond donors (Lipinski definition) is 2. The Labute approximate surface area is 121 Å². The van der Waals surface area contributed by atoms with Gasteiger partial charge in [0.25, 0.3) is 5.91 Å². The minimum Gasteiger partial charge on any atom is -0.454 e. The van der Waals surface area contributed by atoms with E-state index in [1.54, 1.807) is 18.2 Å². The molecule has 2 aliphatic heterocycles. The Hall–Kier alpha value is -2.28. The zero-order chi connectivity index (χ0) is 14.7. The second-order valence-corrected chi connectivity index (χ2v) is 4.91. The van der Waals surface area contributed by atoms with Crippen molar-refractivity contribution in [3.05, 3.63) is 23.8 Å². The second-order valence-electron chi connectivity index (χ2n) is 4.91. The highest BCUT2D eigenvalue weighted by molar-refractivity contribution is 5.96. The Morgan fingerprint density at radius 2 is 2.05 bits per heavy atom. The van der Waals surface area contributed by atoms with Gasteiger partial charge in [0.05, 0.1) is 12.5 Å². The predicted octanol–water partition coefficient (Wildman–Crippen LogP) is 0.745. The van der Waals surface area contributed by atoms with Gasteiger partial charge >= 0.3 is 0 Å². The molecule has 0 aromatic heterocycles. The Morgan fingerprint density at radius 3 is 2.86 bits per heavy atom. The van der Waals surface area contributed by atoms with Crippen LogP contribution in [-0.4, -0.2) is 31.3 Å². The molecular weight excluding hydrogens is 276 g/mol. The van der Waals surface area contributed by atoms with Crippen LogP contribution in [0.4, 0.5) is 0 Å². The topological polar surface area (TPSA) is 85.9 Å². The van der Waals surface area contributed by atoms with Crippen LogP contribution < -0.4 is 20.3 Å². The van der Waals surface area contributed by atoms with Gasteiger partial charge in [-0.25, -0.2) is 0 Å². The zero-order valence-electron chi connectivity index (χ0n) is 11.4. The quantitative estimate of drug-likeness (QED) is 0.803. The number of amides is 2. The summed E-state index contributed by atoms with van der Waals surface area (Å²) < 4.78 is 15.7. The SMILES string of the molecule is O=C(C[C@H]1CCCO1)NNC(=O)c1ccc2c(c1)OCO2. The van der Waals surface area contributed by atoms with Crippen LogP contribution in [0.2, 0.25) is 0 Å². The second kappa shape index (κ2) is 6.01. The van der Waals surface area contributed by atoms with Crippen LogP contribution in [0.25, 0.3) is 0 Å². The molecule has 1 atom stereocenters. The lowest BCUT2D eigenvalue weighted by atomic mass is 10.2. The van der Waals surface area contributed by atoms with E-state index in [2.05, 4.69) is 10.9 Å². The summed E-state index contributed by atoms with van der Waals surface area (Å²) in [5, 5.41) is 0. The molecule has 7 nitrogen and oxygen atoms in total. The van der Waals surface area contributed by atoms with Crippen molar-refractivity contribution < 1.29 is 23.8 Å².